The van der Waals surface area contributed by atoms with Gasteiger partial charge in [0.05, 0.1) is 19.1 Å². The Bertz CT molecular complexity index is 828. The summed E-state index contributed by atoms with van der Waals surface area (Å²) in [6.45, 7) is 1.40. The molecule has 164 valence electrons. The van der Waals surface area contributed by atoms with Crippen LogP contribution in [0.3, 0.4) is 0 Å². The third-order valence-electron chi connectivity index (χ3n) is 4.46. The van der Waals surface area contributed by atoms with E-state index < -0.39 is 0 Å². The molecule has 0 unspecified atom stereocenters. The van der Waals surface area contributed by atoms with E-state index in [9.17, 15) is 10.1 Å². The fraction of sp³-hybridized carbons (Fsp3) is 0.381. The molecule has 0 aliphatic carbocycles. The summed E-state index contributed by atoms with van der Waals surface area (Å²) in [5.41, 5.74) is 2.29. The Hall–Kier alpha value is -2.56. The fourth-order valence-electron chi connectivity index (χ4n) is 2.84. The number of aryl methyl sites for hydroxylation is 1. The topological polar surface area (TPSA) is 98.0 Å². The number of nitro benzene ring substituents is 1. The van der Waals surface area contributed by atoms with Gasteiger partial charge in [0, 0.05) is 32.3 Å². The molecule has 0 heterocycles. The number of non-ortho nitro benzene ring substituents is 1. The number of guanidine groups is 1. The van der Waals surface area contributed by atoms with Gasteiger partial charge >= 0.3 is 0 Å². The number of benzene rings is 2. The van der Waals surface area contributed by atoms with Crippen molar-refractivity contribution in [2.45, 2.75) is 25.8 Å². The van der Waals surface area contributed by atoms with E-state index in [0.29, 0.717) is 18.0 Å². The molecule has 0 amide bonds. The highest BCUT2D eigenvalue weighted by atomic mass is 127. The Labute approximate surface area is 194 Å². The molecule has 0 aliphatic rings. The quantitative estimate of drug-likeness (QED) is 0.121. The fourth-order valence-corrected chi connectivity index (χ4v) is 2.84. The zero-order chi connectivity index (χ0) is 21.1. The maximum absolute atomic E-state index is 10.7. The Kier molecular flexibility index (Phi) is 11.6. The van der Waals surface area contributed by atoms with Gasteiger partial charge in [0.25, 0.3) is 5.69 Å². The second-order valence-electron chi connectivity index (χ2n) is 6.42. The average Bonchev–Trinajstić information content (AvgIpc) is 2.75. The summed E-state index contributed by atoms with van der Waals surface area (Å²) in [6.07, 6.45) is 2.84. The van der Waals surface area contributed by atoms with Crippen molar-refractivity contribution in [1.82, 2.24) is 10.6 Å². The number of ether oxygens (including phenoxy) is 2. The summed E-state index contributed by atoms with van der Waals surface area (Å²) in [5.74, 6) is 2.13. The van der Waals surface area contributed by atoms with Gasteiger partial charge in [0.15, 0.2) is 17.5 Å². The molecule has 0 aliphatic heterocycles. The molecule has 0 radical (unpaired) electrons. The normalized spacial score (nSPS) is 10.7. The van der Waals surface area contributed by atoms with Gasteiger partial charge in [-0.15, -0.1) is 24.0 Å². The number of nitrogens with one attached hydrogen (secondary N) is 2. The first-order chi connectivity index (χ1) is 14.1. The second kappa shape index (κ2) is 13.6. The first-order valence-corrected chi connectivity index (χ1v) is 9.46. The molecule has 2 aromatic rings. The maximum Gasteiger partial charge on any atom is 0.269 e. The van der Waals surface area contributed by atoms with E-state index in [4.69, 9.17) is 9.47 Å². The number of halogens is 1. The van der Waals surface area contributed by atoms with Crippen molar-refractivity contribution >= 4 is 35.6 Å². The van der Waals surface area contributed by atoms with Crippen LogP contribution in [0.4, 0.5) is 5.69 Å². The van der Waals surface area contributed by atoms with E-state index in [1.54, 1.807) is 33.4 Å². The molecule has 2 rings (SSSR count). The van der Waals surface area contributed by atoms with Crippen LogP contribution in [0.25, 0.3) is 0 Å². The molecule has 30 heavy (non-hydrogen) atoms. The van der Waals surface area contributed by atoms with E-state index >= 15 is 0 Å². The number of aliphatic imine (C=N–C) groups is 1. The maximum atomic E-state index is 10.7. The minimum absolute atomic E-state index is 0. The van der Waals surface area contributed by atoms with E-state index in [2.05, 4.69) is 15.6 Å². The molecule has 0 fully saturated rings. The third-order valence-corrected chi connectivity index (χ3v) is 4.46. The summed E-state index contributed by atoms with van der Waals surface area (Å²) < 4.78 is 10.6. The average molecular weight is 528 g/mol. The second-order valence-corrected chi connectivity index (χ2v) is 6.42. The monoisotopic (exact) mass is 528 g/mol. The van der Waals surface area contributed by atoms with Crippen molar-refractivity contribution in [3.8, 4) is 11.5 Å². The minimum Gasteiger partial charge on any atom is -0.493 e. The highest BCUT2D eigenvalue weighted by Gasteiger charge is 2.06. The first-order valence-electron chi connectivity index (χ1n) is 9.46. The number of rotatable bonds is 10. The summed E-state index contributed by atoms with van der Waals surface area (Å²) in [6, 6.07) is 12.5. The number of unbranched alkanes of at least 4 members (excludes halogenated alkanes) is 1. The number of hydrogen-bond donors (Lipinski definition) is 2. The smallest absolute Gasteiger partial charge is 0.269 e. The van der Waals surface area contributed by atoms with Crippen LogP contribution in [0.15, 0.2) is 47.5 Å². The van der Waals surface area contributed by atoms with Crippen LogP contribution in [0, 0.1) is 10.1 Å². The molecule has 9 heteroatoms. The molecule has 0 spiro atoms. The standard InChI is InChI=1S/C21H28N4O4.HI/c1-22-21(24-15-17-9-12-19(28-2)20(14-17)29-3)23-13-5-4-6-16-7-10-18(11-8-16)25(26)27;/h7-12,14H,4-6,13,15H2,1-3H3,(H2,22,23,24);1H. The van der Waals surface area contributed by atoms with E-state index in [-0.39, 0.29) is 34.6 Å². The molecule has 2 N–H and O–H groups in total. The molecule has 0 bridgehead atoms. The SMILES string of the molecule is CN=C(NCCCCc1ccc([N+](=O)[O-])cc1)NCc1ccc(OC)c(OC)c1.I. The van der Waals surface area contributed by atoms with Crippen molar-refractivity contribution in [2.24, 2.45) is 4.99 Å². The molecule has 0 aromatic heterocycles. The lowest BCUT2D eigenvalue weighted by atomic mass is 10.1. The van der Waals surface area contributed by atoms with Crippen molar-refractivity contribution in [2.75, 3.05) is 27.8 Å². The summed E-state index contributed by atoms with van der Waals surface area (Å²) in [4.78, 5) is 14.5. The molecule has 8 nitrogen and oxygen atoms in total. The summed E-state index contributed by atoms with van der Waals surface area (Å²) in [5, 5.41) is 17.3. The minimum atomic E-state index is -0.381. The first kappa shape index (κ1) is 25.5. The highest BCUT2D eigenvalue weighted by Crippen LogP contribution is 2.27. The van der Waals surface area contributed by atoms with E-state index in [1.807, 2.05) is 30.3 Å². The molecule has 0 saturated carbocycles. The van der Waals surface area contributed by atoms with Gasteiger partial charge in [0.1, 0.15) is 0 Å². The van der Waals surface area contributed by atoms with Gasteiger partial charge in [-0.05, 0) is 42.5 Å². The third kappa shape index (κ3) is 8.05. The van der Waals surface area contributed by atoms with Crippen LogP contribution in [0.5, 0.6) is 11.5 Å². The van der Waals surface area contributed by atoms with Crippen LogP contribution >= 0.6 is 24.0 Å². The van der Waals surface area contributed by atoms with Crippen LogP contribution in [0.2, 0.25) is 0 Å². The van der Waals surface area contributed by atoms with Crippen molar-refractivity contribution in [1.29, 1.82) is 0 Å². The zero-order valence-electron chi connectivity index (χ0n) is 17.5. The molecular weight excluding hydrogens is 499 g/mol. The van der Waals surface area contributed by atoms with E-state index in [0.717, 1.165) is 42.9 Å². The Balaban J connectivity index is 0.00000450. The lowest BCUT2D eigenvalue weighted by molar-refractivity contribution is -0.384. The number of nitrogens with zero attached hydrogens (tertiary/aromatic N) is 2. The molecule has 0 atom stereocenters. The van der Waals surface area contributed by atoms with Crippen LogP contribution in [0.1, 0.15) is 24.0 Å². The predicted octanol–water partition coefficient (Wildman–Crippen LogP) is 3.92. The van der Waals surface area contributed by atoms with Gasteiger partial charge in [-0.3, -0.25) is 15.1 Å². The predicted molar refractivity (Wildman–Crippen MR) is 129 cm³/mol. The lowest BCUT2D eigenvalue weighted by Crippen LogP contribution is -2.37. The van der Waals surface area contributed by atoms with Crippen molar-refractivity contribution in [3.05, 3.63) is 63.7 Å². The van der Waals surface area contributed by atoms with E-state index in [1.165, 1.54) is 0 Å². The molecular formula is C21H29IN4O4. The van der Waals surface area contributed by atoms with Crippen LogP contribution in [-0.2, 0) is 13.0 Å². The van der Waals surface area contributed by atoms with Gasteiger partial charge in [-0.25, -0.2) is 0 Å². The van der Waals surface area contributed by atoms with Crippen molar-refractivity contribution in [3.63, 3.8) is 0 Å². The molecule has 2 aromatic carbocycles. The summed E-state index contributed by atoms with van der Waals surface area (Å²) in [7, 11) is 4.97. The van der Waals surface area contributed by atoms with Crippen molar-refractivity contribution < 1.29 is 14.4 Å². The van der Waals surface area contributed by atoms with Crippen LogP contribution < -0.4 is 20.1 Å². The van der Waals surface area contributed by atoms with Gasteiger partial charge in [0.2, 0.25) is 0 Å². The largest absolute Gasteiger partial charge is 0.493 e. The number of nitro groups is 1. The highest BCUT2D eigenvalue weighted by molar-refractivity contribution is 14.0. The Morgan fingerprint density at radius 2 is 1.67 bits per heavy atom. The number of hydrogen-bond acceptors (Lipinski definition) is 5. The number of methoxy groups -OCH3 is 2. The molecule has 0 saturated heterocycles. The lowest BCUT2D eigenvalue weighted by Gasteiger charge is -2.13. The van der Waals surface area contributed by atoms with Gasteiger partial charge < -0.3 is 20.1 Å². The zero-order valence-corrected chi connectivity index (χ0v) is 19.8. The van der Waals surface area contributed by atoms with Crippen LogP contribution in [-0.4, -0.2) is 38.7 Å². The Morgan fingerprint density at radius 3 is 2.27 bits per heavy atom. The van der Waals surface area contributed by atoms with Gasteiger partial charge in [-0.1, -0.05) is 18.2 Å². The Morgan fingerprint density at radius 1 is 1.00 bits per heavy atom. The van der Waals surface area contributed by atoms with Gasteiger partial charge in [-0.2, -0.15) is 0 Å². The summed E-state index contributed by atoms with van der Waals surface area (Å²) >= 11 is 0.